The molecule has 0 radical (unpaired) electrons. The number of nitrogens with one attached hydrogen (secondary N) is 1. The van der Waals surface area contributed by atoms with E-state index in [1.807, 2.05) is 38.1 Å². The average molecular weight is 404 g/mol. The van der Waals surface area contributed by atoms with Gasteiger partial charge in [-0.05, 0) is 31.9 Å². The first kappa shape index (κ1) is 21.2. The Kier molecular flexibility index (Phi) is 8.07. The summed E-state index contributed by atoms with van der Waals surface area (Å²) in [6, 6.07) is 9.89. The number of aromatic nitrogens is 2. The Morgan fingerprint density at radius 1 is 1.30 bits per heavy atom. The molecule has 0 aliphatic carbocycles. The van der Waals surface area contributed by atoms with Crippen LogP contribution in [0.3, 0.4) is 0 Å². The number of rotatable bonds is 9. The topological polar surface area (TPSA) is 81.9 Å². The van der Waals surface area contributed by atoms with Crippen LogP contribution in [0.25, 0.3) is 0 Å². The summed E-state index contributed by atoms with van der Waals surface area (Å²) in [5.74, 6) is 0.486. The number of aryl methyl sites for hydroxylation is 1. The van der Waals surface area contributed by atoms with Gasteiger partial charge in [0, 0.05) is 18.8 Å². The third-order valence-electron chi connectivity index (χ3n) is 3.75. The van der Waals surface area contributed by atoms with Crippen molar-refractivity contribution in [2.45, 2.75) is 43.7 Å². The lowest BCUT2D eigenvalue weighted by atomic mass is 10.2. The van der Waals surface area contributed by atoms with Crippen molar-refractivity contribution in [2.24, 2.45) is 5.92 Å². The molecule has 27 heavy (non-hydrogen) atoms. The fourth-order valence-electron chi connectivity index (χ4n) is 2.29. The van der Waals surface area contributed by atoms with Crippen LogP contribution >= 0.6 is 23.1 Å². The van der Waals surface area contributed by atoms with Gasteiger partial charge in [-0.2, -0.15) is 5.26 Å². The van der Waals surface area contributed by atoms with Crippen LogP contribution in [0, 0.1) is 24.2 Å². The summed E-state index contributed by atoms with van der Waals surface area (Å²) in [7, 11) is 0. The van der Waals surface area contributed by atoms with E-state index in [2.05, 4.69) is 35.4 Å². The number of carbonyl (C=O) groups excluding carboxylic acids is 1. The molecule has 0 aliphatic heterocycles. The maximum absolute atomic E-state index is 13.0. The Labute approximate surface area is 169 Å². The number of hydrogen-bond donors (Lipinski definition) is 1. The van der Waals surface area contributed by atoms with Gasteiger partial charge in [0.2, 0.25) is 11.0 Å². The van der Waals surface area contributed by atoms with Crippen molar-refractivity contribution in [1.82, 2.24) is 10.2 Å². The number of benzene rings is 1. The van der Waals surface area contributed by atoms with Gasteiger partial charge < -0.3 is 10.2 Å². The monoisotopic (exact) mass is 403 g/mol. The van der Waals surface area contributed by atoms with Crippen LogP contribution in [0.5, 0.6) is 0 Å². The van der Waals surface area contributed by atoms with E-state index in [1.165, 1.54) is 23.1 Å². The summed E-state index contributed by atoms with van der Waals surface area (Å²) >= 11 is 2.85. The zero-order valence-corrected chi connectivity index (χ0v) is 17.7. The van der Waals surface area contributed by atoms with Crippen molar-refractivity contribution in [3.05, 3.63) is 29.8 Å². The van der Waals surface area contributed by atoms with E-state index in [1.54, 1.807) is 4.90 Å². The molecule has 1 unspecified atom stereocenters. The summed E-state index contributed by atoms with van der Waals surface area (Å²) in [4.78, 5) is 14.7. The van der Waals surface area contributed by atoms with E-state index in [0.717, 1.165) is 27.3 Å². The SMILES string of the molecule is Cc1ccc(N(CCC#N)C(=O)C(C)Sc2nnc(NCC(C)C)s2)cc1. The highest BCUT2D eigenvalue weighted by Gasteiger charge is 2.24. The van der Waals surface area contributed by atoms with Gasteiger partial charge in [0.05, 0.1) is 17.7 Å². The smallest absolute Gasteiger partial charge is 0.240 e. The molecule has 2 rings (SSSR count). The van der Waals surface area contributed by atoms with Gasteiger partial charge in [-0.15, -0.1) is 10.2 Å². The largest absolute Gasteiger partial charge is 0.360 e. The van der Waals surface area contributed by atoms with Crippen molar-refractivity contribution in [2.75, 3.05) is 23.3 Å². The maximum Gasteiger partial charge on any atom is 0.240 e. The van der Waals surface area contributed by atoms with E-state index < -0.39 is 0 Å². The van der Waals surface area contributed by atoms with Gasteiger partial charge in [-0.3, -0.25) is 4.79 Å². The summed E-state index contributed by atoms with van der Waals surface area (Å²) in [5, 5.41) is 20.9. The van der Waals surface area contributed by atoms with Crippen LogP contribution in [0.2, 0.25) is 0 Å². The summed E-state index contributed by atoms with van der Waals surface area (Å²) in [6.07, 6.45) is 0.291. The van der Waals surface area contributed by atoms with Crippen LogP contribution in [-0.4, -0.2) is 34.4 Å². The highest BCUT2D eigenvalue weighted by molar-refractivity contribution is 8.02. The molecule has 0 saturated heterocycles. The molecule has 6 nitrogen and oxygen atoms in total. The molecule has 2 aromatic rings. The molecule has 0 aliphatic rings. The lowest BCUT2D eigenvalue weighted by Gasteiger charge is -2.24. The second-order valence-electron chi connectivity index (χ2n) is 6.64. The molecule has 8 heteroatoms. The van der Waals surface area contributed by atoms with E-state index in [9.17, 15) is 4.79 Å². The van der Waals surface area contributed by atoms with Gasteiger partial charge in [-0.25, -0.2) is 0 Å². The Hall–Kier alpha value is -2.11. The zero-order chi connectivity index (χ0) is 19.8. The van der Waals surface area contributed by atoms with Crippen LogP contribution in [0.1, 0.15) is 32.8 Å². The van der Waals surface area contributed by atoms with E-state index >= 15 is 0 Å². The van der Waals surface area contributed by atoms with E-state index in [4.69, 9.17) is 5.26 Å². The number of carbonyl (C=O) groups is 1. The zero-order valence-electron chi connectivity index (χ0n) is 16.1. The average Bonchev–Trinajstić information content (AvgIpc) is 3.08. The molecule has 0 saturated carbocycles. The summed E-state index contributed by atoms with van der Waals surface area (Å²) in [5.41, 5.74) is 1.94. The van der Waals surface area contributed by atoms with E-state index in [0.29, 0.717) is 18.9 Å². The van der Waals surface area contributed by atoms with Gasteiger partial charge >= 0.3 is 0 Å². The van der Waals surface area contributed by atoms with E-state index in [-0.39, 0.29) is 11.2 Å². The maximum atomic E-state index is 13.0. The standard InChI is InChI=1S/C19H25N5OS2/c1-13(2)12-21-18-22-23-19(27-18)26-15(4)17(25)24(11-5-10-20)16-8-6-14(3)7-9-16/h6-9,13,15H,5,11-12H2,1-4H3,(H,21,22). The molecule has 1 aromatic heterocycles. The number of hydrogen-bond acceptors (Lipinski definition) is 7. The first-order valence-corrected chi connectivity index (χ1v) is 10.6. The van der Waals surface area contributed by atoms with Crippen molar-refractivity contribution in [3.8, 4) is 6.07 Å². The molecule has 1 N–H and O–H groups in total. The minimum absolute atomic E-state index is 0.0361. The van der Waals surface area contributed by atoms with Crippen molar-refractivity contribution in [1.29, 1.82) is 5.26 Å². The quantitative estimate of drug-likeness (QED) is 0.627. The summed E-state index contributed by atoms with van der Waals surface area (Å²) in [6.45, 7) is 9.34. The van der Waals surface area contributed by atoms with Gasteiger partial charge in [0.25, 0.3) is 0 Å². The second-order valence-corrected chi connectivity index (χ2v) is 9.21. The minimum Gasteiger partial charge on any atom is -0.360 e. The lowest BCUT2D eigenvalue weighted by Crippen LogP contribution is -2.37. The van der Waals surface area contributed by atoms with Crippen molar-refractivity contribution < 1.29 is 4.79 Å². The Morgan fingerprint density at radius 2 is 2.00 bits per heavy atom. The second kappa shape index (κ2) is 10.3. The number of anilines is 2. The van der Waals surface area contributed by atoms with Crippen LogP contribution in [0.15, 0.2) is 28.6 Å². The Bertz CT molecular complexity index is 782. The third-order valence-corrected chi connectivity index (χ3v) is 5.80. The van der Waals surface area contributed by atoms with Gasteiger partial charge in [-0.1, -0.05) is 54.6 Å². The molecule has 1 aromatic carbocycles. The lowest BCUT2D eigenvalue weighted by molar-refractivity contribution is -0.117. The highest BCUT2D eigenvalue weighted by Crippen LogP contribution is 2.30. The third kappa shape index (κ3) is 6.52. The predicted octanol–water partition coefficient (Wildman–Crippen LogP) is 4.34. The van der Waals surface area contributed by atoms with Crippen LogP contribution < -0.4 is 10.2 Å². The molecular weight excluding hydrogens is 378 g/mol. The fraction of sp³-hybridized carbons (Fsp3) is 0.474. The first-order chi connectivity index (χ1) is 12.9. The molecule has 1 amide bonds. The number of amides is 1. The molecule has 1 atom stereocenters. The number of nitrogens with zero attached hydrogens (tertiary/aromatic N) is 4. The first-order valence-electron chi connectivity index (χ1n) is 8.89. The molecule has 0 fully saturated rings. The highest BCUT2D eigenvalue weighted by atomic mass is 32.2. The van der Waals surface area contributed by atoms with Gasteiger partial charge in [0.15, 0.2) is 4.34 Å². The van der Waals surface area contributed by atoms with Gasteiger partial charge in [0.1, 0.15) is 0 Å². The normalized spacial score (nSPS) is 11.9. The van der Waals surface area contributed by atoms with Crippen LogP contribution in [0.4, 0.5) is 10.8 Å². The minimum atomic E-state index is -0.323. The number of nitriles is 1. The molecule has 144 valence electrons. The summed E-state index contributed by atoms with van der Waals surface area (Å²) < 4.78 is 0.756. The fourth-order valence-corrected chi connectivity index (χ4v) is 4.26. The molecule has 0 bridgehead atoms. The molecular formula is C19H25N5OS2. The van der Waals surface area contributed by atoms with Crippen LogP contribution in [-0.2, 0) is 4.79 Å². The number of thioether (sulfide) groups is 1. The van der Waals surface area contributed by atoms with Crippen molar-refractivity contribution >= 4 is 39.8 Å². The predicted molar refractivity (Wildman–Crippen MR) is 112 cm³/mol. The Balaban J connectivity index is 2.05. The Morgan fingerprint density at radius 3 is 2.63 bits per heavy atom. The van der Waals surface area contributed by atoms with Crippen molar-refractivity contribution in [3.63, 3.8) is 0 Å². The molecule has 0 spiro atoms. The molecule has 1 heterocycles.